The summed E-state index contributed by atoms with van der Waals surface area (Å²) in [6, 6.07) is 0. The lowest BCUT2D eigenvalue weighted by Gasteiger charge is -2.11. The summed E-state index contributed by atoms with van der Waals surface area (Å²) < 4.78 is 11.2. The third kappa shape index (κ3) is 2.93. The summed E-state index contributed by atoms with van der Waals surface area (Å²) >= 11 is 1.86. The van der Waals surface area contributed by atoms with Crippen molar-refractivity contribution in [1.29, 1.82) is 0 Å². The summed E-state index contributed by atoms with van der Waals surface area (Å²) in [4.78, 5) is 10.4. The van der Waals surface area contributed by atoms with Gasteiger partial charge in [-0.2, -0.15) is 4.98 Å². The van der Waals surface area contributed by atoms with Gasteiger partial charge in [-0.25, -0.2) is 4.98 Å². The minimum Gasteiger partial charge on any atom is -0.364 e. The second-order valence-electron chi connectivity index (χ2n) is 5.97. The van der Waals surface area contributed by atoms with Crippen LogP contribution < -0.4 is 5.32 Å². The Balaban J connectivity index is 1.24. The van der Waals surface area contributed by atoms with Gasteiger partial charge in [-0.05, 0) is 39.0 Å². The lowest BCUT2D eigenvalue weighted by Crippen LogP contribution is -2.26. The van der Waals surface area contributed by atoms with Crippen molar-refractivity contribution in [2.45, 2.75) is 57.8 Å². The highest BCUT2D eigenvalue weighted by atomic mass is 32.1. The summed E-state index contributed by atoms with van der Waals surface area (Å²) in [7, 11) is 0. The number of hydrogen-bond donors (Lipinski definition) is 1. The third-order valence-corrected chi connectivity index (χ3v) is 5.37. The molecular formula is C15H20N4O2S. The Bertz CT molecular complexity index is 632. The highest BCUT2D eigenvalue weighted by Crippen LogP contribution is 2.31. The molecule has 0 bridgehead atoms. The molecule has 2 atom stereocenters. The second kappa shape index (κ2) is 6.06. The van der Waals surface area contributed by atoms with Crippen LogP contribution in [0.25, 0.3) is 0 Å². The first-order valence-corrected chi connectivity index (χ1v) is 8.73. The molecule has 6 nitrogen and oxygen atoms in total. The van der Waals surface area contributed by atoms with E-state index >= 15 is 0 Å². The smallest absolute Gasteiger partial charge is 0.255 e. The van der Waals surface area contributed by atoms with Gasteiger partial charge in [0.15, 0.2) is 5.82 Å². The van der Waals surface area contributed by atoms with Crippen LogP contribution in [-0.2, 0) is 24.1 Å². The van der Waals surface area contributed by atoms with E-state index in [1.807, 2.05) is 18.3 Å². The fourth-order valence-electron chi connectivity index (χ4n) is 3.14. The molecule has 118 valence electrons. The predicted octanol–water partition coefficient (Wildman–Crippen LogP) is 2.33. The zero-order chi connectivity index (χ0) is 14.9. The average Bonchev–Trinajstić information content (AvgIpc) is 3.21. The van der Waals surface area contributed by atoms with Crippen molar-refractivity contribution in [3.63, 3.8) is 0 Å². The molecule has 1 aliphatic heterocycles. The van der Waals surface area contributed by atoms with Gasteiger partial charge < -0.3 is 14.6 Å². The summed E-state index contributed by atoms with van der Waals surface area (Å²) in [5, 5.41) is 8.49. The maximum atomic E-state index is 5.98. The average molecular weight is 320 g/mol. The molecule has 0 amide bonds. The van der Waals surface area contributed by atoms with Gasteiger partial charge >= 0.3 is 0 Å². The largest absolute Gasteiger partial charge is 0.364 e. The summed E-state index contributed by atoms with van der Waals surface area (Å²) in [6.07, 6.45) is 5.77. The van der Waals surface area contributed by atoms with E-state index < -0.39 is 0 Å². The summed E-state index contributed by atoms with van der Waals surface area (Å²) in [5.74, 6) is 1.27. The fraction of sp³-hybridized carbons (Fsp3) is 0.667. The quantitative estimate of drug-likeness (QED) is 0.911. The van der Waals surface area contributed by atoms with Gasteiger partial charge in [0.1, 0.15) is 11.1 Å². The zero-order valence-corrected chi connectivity index (χ0v) is 13.5. The molecule has 0 unspecified atom stereocenters. The van der Waals surface area contributed by atoms with Crippen molar-refractivity contribution in [1.82, 2.24) is 20.4 Å². The van der Waals surface area contributed by atoms with Crippen LogP contribution in [0.15, 0.2) is 4.52 Å². The van der Waals surface area contributed by atoms with E-state index in [-0.39, 0.29) is 12.2 Å². The molecule has 0 radical (unpaired) electrons. The minimum atomic E-state index is -0.0448. The van der Waals surface area contributed by atoms with Gasteiger partial charge in [0.05, 0.1) is 11.8 Å². The van der Waals surface area contributed by atoms with Crippen LogP contribution in [0.5, 0.6) is 0 Å². The Kier molecular flexibility index (Phi) is 3.94. The number of ether oxygens (including phenoxy) is 1. The van der Waals surface area contributed by atoms with E-state index in [9.17, 15) is 0 Å². The molecule has 0 spiro atoms. The summed E-state index contributed by atoms with van der Waals surface area (Å²) in [5.41, 5.74) is 1.32. The van der Waals surface area contributed by atoms with Gasteiger partial charge in [0.25, 0.3) is 5.89 Å². The number of rotatable bonds is 5. The Morgan fingerprint density at radius 3 is 3.05 bits per heavy atom. The molecule has 1 saturated heterocycles. The Labute approximate surface area is 133 Å². The maximum Gasteiger partial charge on any atom is 0.255 e. The molecule has 2 aromatic rings. The molecule has 1 N–H and O–H groups in total. The van der Waals surface area contributed by atoms with E-state index in [0.29, 0.717) is 11.7 Å². The van der Waals surface area contributed by atoms with Crippen molar-refractivity contribution in [2.24, 2.45) is 0 Å². The lowest BCUT2D eigenvalue weighted by molar-refractivity contribution is 0.0264. The first-order valence-electron chi connectivity index (χ1n) is 7.92. The molecule has 7 heteroatoms. The molecule has 1 aliphatic carbocycles. The Morgan fingerprint density at radius 1 is 1.27 bits per heavy atom. The second-order valence-corrected chi connectivity index (χ2v) is 7.13. The fourth-order valence-corrected chi connectivity index (χ4v) is 4.27. The van der Waals surface area contributed by atoms with Crippen molar-refractivity contribution >= 4 is 11.3 Å². The molecule has 3 heterocycles. The van der Waals surface area contributed by atoms with E-state index in [4.69, 9.17) is 14.2 Å². The van der Waals surface area contributed by atoms with Crippen molar-refractivity contribution < 1.29 is 9.26 Å². The minimum absolute atomic E-state index is 0.0448. The number of aryl methyl sites for hydroxylation is 3. The number of nitrogens with one attached hydrogen (secondary N) is 1. The molecule has 0 saturated carbocycles. The predicted molar refractivity (Wildman–Crippen MR) is 81.7 cm³/mol. The normalized spacial score (nSPS) is 24.0. The van der Waals surface area contributed by atoms with Gasteiger partial charge in [-0.1, -0.05) is 5.16 Å². The molecule has 22 heavy (non-hydrogen) atoms. The van der Waals surface area contributed by atoms with Crippen molar-refractivity contribution in [2.75, 3.05) is 6.54 Å². The van der Waals surface area contributed by atoms with E-state index in [1.54, 1.807) is 0 Å². The SMILES string of the molecule is Cc1noc([C@@H]2CC[C@H](CNCc3nc4c(s3)CCC4)O2)n1. The van der Waals surface area contributed by atoms with Crippen LogP contribution in [0.2, 0.25) is 0 Å². The number of thiazole rings is 1. The van der Waals surface area contributed by atoms with Crippen LogP contribution in [0, 0.1) is 6.92 Å². The molecular weight excluding hydrogens is 300 g/mol. The van der Waals surface area contributed by atoms with Crippen LogP contribution in [0.1, 0.15) is 52.7 Å². The monoisotopic (exact) mass is 320 g/mol. The van der Waals surface area contributed by atoms with Gasteiger partial charge in [-0.3, -0.25) is 0 Å². The first-order chi connectivity index (χ1) is 10.8. The van der Waals surface area contributed by atoms with Crippen LogP contribution in [0.3, 0.4) is 0 Å². The zero-order valence-electron chi connectivity index (χ0n) is 12.7. The van der Waals surface area contributed by atoms with Gasteiger partial charge in [0.2, 0.25) is 0 Å². The Morgan fingerprint density at radius 2 is 2.23 bits per heavy atom. The standard InChI is InChI=1S/C15H20N4O2S/c1-9-17-15(21-19-9)12-6-5-10(20-12)7-16-8-14-18-11-3-2-4-13(11)22-14/h10,12,16H,2-8H2,1H3/t10-,12+/m1/s1. The topological polar surface area (TPSA) is 73.1 Å². The van der Waals surface area contributed by atoms with E-state index in [0.717, 1.165) is 32.4 Å². The summed E-state index contributed by atoms with van der Waals surface area (Å²) in [6.45, 7) is 3.50. The molecule has 4 rings (SSSR count). The van der Waals surface area contributed by atoms with Gasteiger partial charge in [0, 0.05) is 18.0 Å². The van der Waals surface area contributed by atoms with Gasteiger partial charge in [-0.15, -0.1) is 11.3 Å². The highest BCUT2D eigenvalue weighted by molar-refractivity contribution is 7.11. The first kappa shape index (κ1) is 14.3. The van der Waals surface area contributed by atoms with Crippen molar-refractivity contribution in [3.8, 4) is 0 Å². The van der Waals surface area contributed by atoms with Crippen LogP contribution in [0.4, 0.5) is 0 Å². The third-order valence-electron chi connectivity index (χ3n) is 4.21. The van der Waals surface area contributed by atoms with E-state index in [2.05, 4.69) is 15.5 Å². The van der Waals surface area contributed by atoms with Crippen molar-refractivity contribution in [3.05, 3.63) is 27.3 Å². The molecule has 2 aliphatic rings. The lowest BCUT2D eigenvalue weighted by atomic mass is 10.2. The number of aromatic nitrogens is 3. The maximum absolute atomic E-state index is 5.98. The molecule has 2 aromatic heterocycles. The van der Waals surface area contributed by atoms with E-state index in [1.165, 1.54) is 28.4 Å². The number of fused-ring (bicyclic) bond motifs is 1. The molecule has 0 aromatic carbocycles. The van der Waals surface area contributed by atoms with Crippen LogP contribution in [-0.4, -0.2) is 27.8 Å². The number of hydrogen-bond acceptors (Lipinski definition) is 7. The Hall–Kier alpha value is -1.31. The molecule has 1 fully saturated rings. The number of nitrogens with zero attached hydrogens (tertiary/aromatic N) is 3. The van der Waals surface area contributed by atoms with Crippen LogP contribution >= 0.6 is 11.3 Å². The highest BCUT2D eigenvalue weighted by Gasteiger charge is 2.30.